The van der Waals surface area contributed by atoms with Gasteiger partial charge in [-0.25, -0.2) is 9.59 Å². The summed E-state index contributed by atoms with van der Waals surface area (Å²) in [5.41, 5.74) is -1.13. The molecule has 5 nitrogen and oxygen atoms in total. The molecule has 1 aromatic heterocycles. The molecule has 140 valence electrons. The molecule has 0 aliphatic rings. The van der Waals surface area contributed by atoms with Gasteiger partial charge < -0.3 is 14.3 Å². The van der Waals surface area contributed by atoms with Crippen molar-refractivity contribution >= 4 is 16.9 Å². The quantitative estimate of drug-likeness (QED) is 0.546. The molecule has 0 saturated heterocycles. The van der Waals surface area contributed by atoms with Crippen molar-refractivity contribution in [3.63, 3.8) is 0 Å². The Morgan fingerprint density at radius 3 is 2.63 bits per heavy atom. The first kappa shape index (κ1) is 18.5. The Bertz CT molecular complexity index is 1080. The molecule has 0 radical (unpaired) electrons. The van der Waals surface area contributed by atoms with Crippen LogP contribution in [0.2, 0.25) is 0 Å². The van der Waals surface area contributed by atoms with E-state index >= 15 is 0 Å². The number of carbonyl (C=O) groups is 1. The van der Waals surface area contributed by atoms with Crippen LogP contribution in [0.25, 0.3) is 11.0 Å². The van der Waals surface area contributed by atoms with Gasteiger partial charge in [-0.2, -0.15) is 13.2 Å². The van der Waals surface area contributed by atoms with Crippen molar-refractivity contribution in [1.29, 1.82) is 0 Å². The molecule has 27 heavy (non-hydrogen) atoms. The van der Waals surface area contributed by atoms with Crippen LogP contribution in [-0.2, 0) is 17.5 Å². The number of hydrogen-bond donors (Lipinski definition) is 1. The maximum Gasteiger partial charge on any atom is 0.416 e. The molecule has 2 aromatic carbocycles. The third-order valence-electron chi connectivity index (χ3n) is 4.00. The first-order valence-corrected chi connectivity index (χ1v) is 7.76. The van der Waals surface area contributed by atoms with E-state index in [9.17, 15) is 27.9 Å². The summed E-state index contributed by atoms with van der Waals surface area (Å²) in [5.74, 6) is -1.03. The fraction of sp³-hybridized carbons (Fsp3) is 0.158. The van der Waals surface area contributed by atoms with Gasteiger partial charge >= 0.3 is 17.8 Å². The molecule has 0 aliphatic heterocycles. The molecule has 3 rings (SSSR count). The van der Waals surface area contributed by atoms with E-state index in [1.165, 1.54) is 18.2 Å². The van der Waals surface area contributed by atoms with Crippen LogP contribution in [0.4, 0.5) is 13.2 Å². The zero-order chi connectivity index (χ0) is 19.8. The van der Waals surface area contributed by atoms with Crippen molar-refractivity contribution in [2.75, 3.05) is 0 Å². The SMILES string of the molecule is Cc1c(O)ccc2c(COC(=O)c3cccc(C(F)(F)F)c3)cc(=O)oc12. The summed E-state index contributed by atoms with van der Waals surface area (Å²) in [7, 11) is 0. The van der Waals surface area contributed by atoms with Gasteiger partial charge in [-0.1, -0.05) is 6.07 Å². The zero-order valence-corrected chi connectivity index (χ0v) is 14.0. The number of esters is 1. The summed E-state index contributed by atoms with van der Waals surface area (Å²) in [6.07, 6.45) is -4.58. The Kier molecular flexibility index (Phi) is 4.65. The van der Waals surface area contributed by atoms with Crippen LogP contribution in [0.3, 0.4) is 0 Å². The maximum absolute atomic E-state index is 12.8. The molecular formula is C19H13F3O5. The van der Waals surface area contributed by atoms with Crippen molar-refractivity contribution in [3.8, 4) is 5.75 Å². The van der Waals surface area contributed by atoms with Crippen LogP contribution in [-0.4, -0.2) is 11.1 Å². The fourth-order valence-electron chi connectivity index (χ4n) is 2.58. The smallest absolute Gasteiger partial charge is 0.416 e. The molecule has 0 spiro atoms. The van der Waals surface area contributed by atoms with Gasteiger partial charge in [-0.3, -0.25) is 0 Å². The molecule has 0 atom stereocenters. The number of phenolic OH excluding ortho intramolecular Hbond substituents is 1. The molecule has 0 bridgehead atoms. The zero-order valence-electron chi connectivity index (χ0n) is 14.0. The number of carbonyl (C=O) groups excluding carboxylic acids is 1. The lowest BCUT2D eigenvalue weighted by molar-refractivity contribution is -0.137. The summed E-state index contributed by atoms with van der Waals surface area (Å²) in [4.78, 5) is 23.8. The van der Waals surface area contributed by atoms with E-state index in [2.05, 4.69) is 0 Å². The number of rotatable bonds is 3. The molecule has 8 heteroatoms. The van der Waals surface area contributed by atoms with Crippen LogP contribution >= 0.6 is 0 Å². The maximum atomic E-state index is 12.8. The predicted octanol–water partition coefficient (Wildman–Crippen LogP) is 4.18. The van der Waals surface area contributed by atoms with E-state index in [0.29, 0.717) is 22.6 Å². The van der Waals surface area contributed by atoms with Crippen molar-refractivity contribution in [3.05, 3.63) is 75.1 Å². The molecule has 0 fully saturated rings. The predicted molar refractivity (Wildman–Crippen MR) is 89.4 cm³/mol. The Balaban J connectivity index is 1.88. The summed E-state index contributed by atoms with van der Waals surface area (Å²) >= 11 is 0. The van der Waals surface area contributed by atoms with Gasteiger partial charge in [0.05, 0.1) is 11.1 Å². The van der Waals surface area contributed by atoms with Gasteiger partial charge in [0.2, 0.25) is 0 Å². The minimum absolute atomic E-state index is 0.0660. The average Bonchev–Trinajstić information content (AvgIpc) is 2.62. The van der Waals surface area contributed by atoms with Crippen LogP contribution in [0, 0.1) is 6.92 Å². The Morgan fingerprint density at radius 2 is 1.93 bits per heavy atom. The lowest BCUT2D eigenvalue weighted by Gasteiger charge is -2.10. The van der Waals surface area contributed by atoms with Crippen LogP contribution in [0.5, 0.6) is 5.75 Å². The molecule has 0 amide bonds. The summed E-state index contributed by atoms with van der Waals surface area (Å²) < 4.78 is 48.4. The monoisotopic (exact) mass is 378 g/mol. The average molecular weight is 378 g/mol. The van der Waals surface area contributed by atoms with E-state index in [1.54, 1.807) is 6.92 Å². The third-order valence-corrected chi connectivity index (χ3v) is 4.00. The normalized spacial score (nSPS) is 11.6. The van der Waals surface area contributed by atoms with Gasteiger partial charge in [0, 0.05) is 22.6 Å². The molecule has 3 aromatic rings. The number of ether oxygens (including phenoxy) is 1. The number of aromatic hydroxyl groups is 1. The van der Waals surface area contributed by atoms with Crippen molar-refractivity contribution < 1.29 is 32.2 Å². The fourth-order valence-corrected chi connectivity index (χ4v) is 2.58. The highest BCUT2D eigenvalue weighted by molar-refractivity contribution is 5.90. The van der Waals surface area contributed by atoms with Crippen LogP contribution < -0.4 is 5.63 Å². The second-order valence-corrected chi connectivity index (χ2v) is 5.83. The Labute approximate surface area is 150 Å². The van der Waals surface area contributed by atoms with Gasteiger partial charge in [0.1, 0.15) is 17.9 Å². The van der Waals surface area contributed by atoms with E-state index < -0.39 is 23.3 Å². The third kappa shape index (κ3) is 3.79. The van der Waals surface area contributed by atoms with E-state index in [4.69, 9.17) is 9.15 Å². The van der Waals surface area contributed by atoms with Crippen molar-refractivity contribution in [2.24, 2.45) is 0 Å². The molecule has 1 N–H and O–H groups in total. The highest BCUT2D eigenvalue weighted by atomic mass is 19.4. The summed E-state index contributed by atoms with van der Waals surface area (Å²) in [5, 5.41) is 10.2. The summed E-state index contributed by atoms with van der Waals surface area (Å²) in [6, 6.07) is 7.88. The van der Waals surface area contributed by atoms with Crippen LogP contribution in [0.1, 0.15) is 27.0 Å². The molecule has 1 heterocycles. The number of halogens is 3. The topological polar surface area (TPSA) is 76.7 Å². The summed E-state index contributed by atoms with van der Waals surface area (Å²) in [6.45, 7) is 1.21. The minimum Gasteiger partial charge on any atom is -0.508 e. The van der Waals surface area contributed by atoms with E-state index in [-0.39, 0.29) is 23.5 Å². The second kappa shape index (κ2) is 6.79. The van der Waals surface area contributed by atoms with Gasteiger partial charge in [0.25, 0.3) is 0 Å². The van der Waals surface area contributed by atoms with Crippen molar-refractivity contribution in [2.45, 2.75) is 19.7 Å². The molecular weight excluding hydrogens is 365 g/mol. The van der Waals surface area contributed by atoms with Crippen LogP contribution in [0.15, 0.2) is 51.7 Å². The molecule has 0 saturated carbocycles. The number of aryl methyl sites for hydroxylation is 1. The van der Waals surface area contributed by atoms with Gasteiger partial charge in [0.15, 0.2) is 0 Å². The Morgan fingerprint density at radius 1 is 1.19 bits per heavy atom. The standard InChI is InChI=1S/C19H13F3O5/c1-10-15(23)6-5-14-12(8-16(24)27-17(10)14)9-26-18(25)11-3-2-4-13(7-11)19(20,21)22/h2-8,23H,9H2,1H3. The highest BCUT2D eigenvalue weighted by Crippen LogP contribution is 2.30. The molecule has 0 unspecified atom stereocenters. The number of phenols is 1. The lowest BCUT2D eigenvalue weighted by Crippen LogP contribution is -2.10. The molecule has 0 aliphatic carbocycles. The first-order valence-electron chi connectivity index (χ1n) is 7.76. The van der Waals surface area contributed by atoms with Gasteiger partial charge in [-0.05, 0) is 37.3 Å². The van der Waals surface area contributed by atoms with E-state index in [1.807, 2.05) is 0 Å². The van der Waals surface area contributed by atoms with Gasteiger partial charge in [-0.15, -0.1) is 0 Å². The minimum atomic E-state index is -4.58. The van der Waals surface area contributed by atoms with Crippen molar-refractivity contribution in [1.82, 2.24) is 0 Å². The lowest BCUT2D eigenvalue weighted by atomic mass is 10.1. The number of fused-ring (bicyclic) bond motifs is 1. The number of benzene rings is 2. The number of hydrogen-bond acceptors (Lipinski definition) is 5. The second-order valence-electron chi connectivity index (χ2n) is 5.83. The number of alkyl halides is 3. The largest absolute Gasteiger partial charge is 0.508 e. The Hall–Kier alpha value is -3.29. The van der Waals surface area contributed by atoms with E-state index in [0.717, 1.165) is 18.2 Å². The highest BCUT2D eigenvalue weighted by Gasteiger charge is 2.31. The first-order chi connectivity index (χ1) is 12.7.